The van der Waals surface area contributed by atoms with E-state index in [2.05, 4.69) is 20.6 Å². The number of thiazole rings is 1. The fourth-order valence-corrected chi connectivity index (χ4v) is 4.64. The van der Waals surface area contributed by atoms with Gasteiger partial charge in [0.15, 0.2) is 15.8 Å². The molecule has 0 radical (unpaired) electrons. The Morgan fingerprint density at radius 3 is 2.50 bits per heavy atom. The van der Waals surface area contributed by atoms with E-state index in [-0.39, 0.29) is 0 Å². The lowest BCUT2D eigenvalue weighted by Crippen LogP contribution is -2.37. The van der Waals surface area contributed by atoms with Crippen molar-refractivity contribution in [1.82, 2.24) is 15.6 Å². The second-order valence-corrected chi connectivity index (χ2v) is 9.49. The molecule has 6 nitrogen and oxygen atoms in total. The van der Waals surface area contributed by atoms with Crippen molar-refractivity contribution in [3.8, 4) is 0 Å². The Hall–Kier alpha value is -1.93. The van der Waals surface area contributed by atoms with Gasteiger partial charge in [-0.3, -0.25) is 4.99 Å². The molecule has 0 aliphatic carbocycles. The number of nitrogens with one attached hydrogen (secondary N) is 2. The number of hydrogen-bond donors (Lipinski definition) is 2. The summed E-state index contributed by atoms with van der Waals surface area (Å²) in [5, 5.41) is 7.64. The van der Waals surface area contributed by atoms with Gasteiger partial charge in [-0.15, -0.1) is 11.3 Å². The van der Waals surface area contributed by atoms with Gasteiger partial charge in [0.2, 0.25) is 0 Å². The molecule has 0 atom stereocenters. The monoisotopic (exact) mass is 394 g/mol. The van der Waals surface area contributed by atoms with Gasteiger partial charge >= 0.3 is 0 Å². The van der Waals surface area contributed by atoms with Crippen molar-refractivity contribution in [3.05, 3.63) is 44.9 Å². The number of aromatic nitrogens is 1. The van der Waals surface area contributed by atoms with Gasteiger partial charge < -0.3 is 10.6 Å². The van der Waals surface area contributed by atoms with Gasteiger partial charge in [0.05, 0.1) is 15.6 Å². The van der Waals surface area contributed by atoms with Crippen LogP contribution in [0.4, 0.5) is 0 Å². The highest BCUT2D eigenvalue weighted by molar-refractivity contribution is 7.90. The van der Waals surface area contributed by atoms with E-state index in [9.17, 15) is 8.42 Å². The zero-order valence-corrected chi connectivity index (χ0v) is 17.5. The van der Waals surface area contributed by atoms with Crippen molar-refractivity contribution in [1.29, 1.82) is 0 Å². The van der Waals surface area contributed by atoms with Crippen LogP contribution in [-0.4, -0.2) is 39.2 Å². The Morgan fingerprint density at radius 1 is 1.23 bits per heavy atom. The summed E-state index contributed by atoms with van der Waals surface area (Å²) in [7, 11) is -1.46. The average molecular weight is 395 g/mol. The normalized spacial score (nSPS) is 12.3. The minimum absolute atomic E-state index is 0.374. The Labute approximate surface area is 159 Å². The van der Waals surface area contributed by atoms with Crippen molar-refractivity contribution < 1.29 is 8.42 Å². The number of sulfone groups is 1. The lowest BCUT2D eigenvalue weighted by molar-refractivity contribution is 0.601. The van der Waals surface area contributed by atoms with Crippen LogP contribution < -0.4 is 10.6 Å². The molecule has 0 spiro atoms. The minimum Gasteiger partial charge on any atom is -0.356 e. The van der Waals surface area contributed by atoms with Gasteiger partial charge in [0.25, 0.3) is 0 Å². The number of benzene rings is 1. The van der Waals surface area contributed by atoms with E-state index in [1.54, 1.807) is 24.5 Å². The summed E-state index contributed by atoms with van der Waals surface area (Å²) in [5.74, 6) is 0.716. The van der Waals surface area contributed by atoms with Gasteiger partial charge in [-0.25, -0.2) is 13.4 Å². The number of aliphatic imine (C=N–C) groups is 1. The highest BCUT2D eigenvalue weighted by atomic mass is 32.2. The lowest BCUT2D eigenvalue weighted by Gasteiger charge is -2.13. The first kappa shape index (κ1) is 20.4. The summed E-state index contributed by atoms with van der Waals surface area (Å²) < 4.78 is 23.4. The maximum atomic E-state index is 11.7. The summed E-state index contributed by atoms with van der Waals surface area (Å²) in [4.78, 5) is 10.3. The molecule has 142 valence electrons. The molecule has 8 heteroatoms. The largest absolute Gasteiger partial charge is 0.356 e. The van der Waals surface area contributed by atoms with E-state index in [4.69, 9.17) is 0 Å². The maximum absolute atomic E-state index is 11.7. The standard InChI is InChI=1S/C18H26N4O2S2/c1-12-10-15(6-7-17(12)26(5,23)24)11-21-18(19-4)20-9-8-16-13(2)22-14(3)25-16/h6-7,10H,8-9,11H2,1-5H3,(H2,19,20,21). The topological polar surface area (TPSA) is 83.4 Å². The smallest absolute Gasteiger partial charge is 0.191 e. The second kappa shape index (κ2) is 8.64. The first-order valence-electron chi connectivity index (χ1n) is 8.37. The summed E-state index contributed by atoms with van der Waals surface area (Å²) >= 11 is 1.73. The lowest BCUT2D eigenvalue weighted by atomic mass is 10.1. The van der Waals surface area contributed by atoms with Gasteiger partial charge in [-0.2, -0.15) is 0 Å². The Balaban J connectivity index is 1.89. The first-order valence-corrected chi connectivity index (χ1v) is 11.1. The number of hydrogen-bond acceptors (Lipinski definition) is 5. The highest BCUT2D eigenvalue weighted by Gasteiger charge is 2.11. The fraction of sp³-hybridized carbons (Fsp3) is 0.444. The average Bonchev–Trinajstić information content (AvgIpc) is 2.87. The molecule has 0 saturated carbocycles. The van der Waals surface area contributed by atoms with Crippen LogP contribution in [0.1, 0.15) is 26.7 Å². The van der Waals surface area contributed by atoms with Crippen LogP contribution in [0.3, 0.4) is 0 Å². The van der Waals surface area contributed by atoms with Gasteiger partial charge in [0, 0.05) is 37.7 Å². The Bertz CT molecular complexity index is 902. The molecular formula is C18H26N4O2S2. The predicted molar refractivity (Wildman–Crippen MR) is 108 cm³/mol. The van der Waals surface area contributed by atoms with Gasteiger partial charge in [0.1, 0.15) is 0 Å². The zero-order chi connectivity index (χ0) is 19.3. The predicted octanol–water partition coefficient (Wildman–Crippen LogP) is 2.38. The number of rotatable bonds is 6. The number of nitrogens with zero attached hydrogens (tertiary/aromatic N) is 2. The molecule has 2 N–H and O–H groups in total. The molecule has 1 aromatic carbocycles. The summed E-state index contributed by atoms with van der Waals surface area (Å²) in [6.07, 6.45) is 2.13. The van der Waals surface area contributed by atoms with Crippen LogP contribution in [0.15, 0.2) is 28.1 Å². The van der Waals surface area contributed by atoms with Crippen molar-refractivity contribution >= 4 is 27.1 Å². The van der Waals surface area contributed by atoms with Crippen LogP contribution in [0.5, 0.6) is 0 Å². The molecule has 1 heterocycles. The van der Waals surface area contributed by atoms with E-state index in [1.807, 2.05) is 32.9 Å². The van der Waals surface area contributed by atoms with Crippen molar-refractivity contribution in [3.63, 3.8) is 0 Å². The van der Waals surface area contributed by atoms with E-state index >= 15 is 0 Å². The maximum Gasteiger partial charge on any atom is 0.191 e. The molecule has 0 bridgehead atoms. The van der Waals surface area contributed by atoms with Crippen molar-refractivity contribution in [2.45, 2.75) is 38.6 Å². The van der Waals surface area contributed by atoms with Crippen LogP contribution in [0.2, 0.25) is 0 Å². The van der Waals surface area contributed by atoms with E-state index < -0.39 is 9.84 Å². The van der Waals surface area contributed by atoms with Gasteiger partial charge in [-0.05, 0) is 38.0 Å². The molecule has 0 fully saturated rings. The third-order valence-corrected chi connectivity index (χ3v) is 6.36. The summed E-state index contributed by atoms with van der Waals surface area (Å²) in [6.45, 7) is 7.21. The minimum atomic E-state index is -3.19. The van der Waals surface area contributed by atoms with Crippen LogP contribution >= 0.6 is 11.3 Å². The zero-order valence-electron chi connectivity index (χ0n) is 15.9. The molecule has 0 amide bonds. The van der Waals surface area contributed by atoms with E-state index in [0.717, 1.165) is 34.8 Å². The molecule has 0 aliphatic heterocycles. The molecule has 1 aromatic heterocycles. The molecule has 0 saturated heterocycles. The van der Waals surface area contributed by atoms with Crippen LogP contribution in [0, 0.1) is 20.8 Å². The molecule has 0 unspecified atom stereocenters. The Morgan fingerprint density at radius 2 is 1.96 bits per heavy atom. The SMILES string of the molecule is CN=C(NCCc1sc(C)nc1C)NCc1ccc(S(C)(=O)=O)c(C)c1. The fourth-order valence-electron chi connectivity index (χ4n) is 2.74. The second-order valence-electron chi connectivity index (χ2n) is 6.22. The van der Waals surface area contributed by atoms with Crippen molar-refractivity contribution in [2.75, 3.05) is 19.8 Å². The molecule has 26 heavy (non-hydrogen) atoms. The molecular weight excluding hydrogens is 368 g/mol. The van der Waals surface area contributed by atoms with E-state index in [1.165, 1.54) is 11.1 Å². The van der Waals surface area contributed by atoms with Crippen LogP contribution in [0.25, 0.3) is 0 Å². The third-order valence-electron chi connectivity index (χ3n) is 3.97. The van der Waals surface area contributed by atoms with Crippen LogP contribution in [-0.2, 0) is 22.8 Å². The molecule has 2 aromatic rings. The van der Waals surface area contributed by atoms with Crippen molar-refractivity contribution in [2.24, 2.45) is 4.99 Å². The molecule has 2 rings (SSSR count). The summed E-state index contributed by atoms with van der Waals surface area (Å²) in [6, 6.07) is 5.38. The summed E-state index contributed by atoms with van der Waals surface area (Å²) in [5.41, 5.74) is 2.86. The number of aryl methyl sites for hydroxylation is 3. The number of guanidine groups is 1. The quantitative estimate of drug-likeness (QED) is 0.581. The van der Waals surface area contributed by atoms with Gasteiger partial charge in [-0.1, -0.05) is 12.1 Å². The highest BCUT2D eigenvalue weighted by Crippen LogP contribution is 2.17. The Kier molecular flexibility index (Phi) is 6.77. The first-order chi connectivity index (χ1) is 12.2. The molecule has 0 aliphatic rings. The third kappa shape index (κ3) is 5.54. The van der Waals surface area contributed by atoms with E-state index in [0.29, 0.717) is 17.4 Å².